The quantitative estimate of drug-likeness (QED) is 0.380. The highest BCUT2D eigenvalue weighted by molar-refractivity contribution is 5.77. The summed E-state index contributed by atoms with van der Waals surface area (Å²) in [6, 6.07) is 13.5. The third kappa shape index (κ3) is 4.31. The lowest BCUT2D eigenvalue weighted by atomic mass is 9.56. The Labute approximate surface area is 197 Å². The second-order valence-corrected chi connectivity index (χ2v) is 8.83. The molecule has 0 radical (unpaired) electrons. The van der Waals surface area contributed by atoms with Crippen LogP contribution in [0.2, 0.25) is 0 Å². The van der Waals surface area contributed by atoms with Crippen LogP contribution in [0.5, 0.6) is 0 Å². The second kappa shape index (κ2) is 11.0. The van der Waals surface area contributed by atoms with Crippen LogP contribution in [0.25, 0.3) is 5.65 Å². The molecule has 32 heavy (non-hydrogen) atoms. The molecule has 1 aromatic carbocycles. The van der Waals surface area contributed by atoms with E-state index in [2.05, 4.69) is 100 Å². The Bertz CT molecular complexity index is 981. The minimum absolute atomic E-state index is 0.0187. The lowest BCUT2D eigenvalue weighted by molar-refractivity contribution is 0.136. The molecule has 4 rings (SSSR count). The van der Waals surface area contributed by atoms with Crippen LogP contribution >= 0.6 is 0 Å². The van der Waals surface area contributed by atoms with E-state index in [1.807, 2.05) is 41.5 Å². The van der Waals surface area contributed by atoms with Gasteiger partial charge in [-0.2, -0.15) is 0 Å². The van der Waals surface area contributed by atoms with Gasteiger partial charge < -0.3 is 9.30 Å². The van der Waals surface area contributed by atoms with Crippen LogP contribution in [0.3, 0.4) is 0 Å². The van der Waals surface area contributed by atoms with Crippen molar-refractivity contribution in [3.8, 4) is 0 Å². The van der Waals surface area contributed by atoms with Gasteiger partial charge in [-0.05, 0) is 41.9 Å². The van der Waals surface area contributed by atoms with Crippen molar-refractivity contribution in [2.24, 2.45) is 5.41 Å². The number of imidazole rings is 1. The number of hydrogen-bond acceptors (Lipinski definition) is 2. The number of pyridine rings is 1. The molecule has 3 heteroatoms. The van der Waals surface area contributed by atoms with Crippen LogP contribution in [0.4, 0.5) is 5.69 Å². The van der Waals surface area contributed by atoms with Gasteiger partial charge in [-0.15, -0.1) is 0 Å². The Morgan fingerprint density at radius 1 is 0.812 bits per heavy atom. The first-order chi connectivity index (χ1) is 15.2. The maximum atomic E-state index is 4.94. The summed E-state index contributed by atoms with van der Waals surface area (Å²) in [5.41, 5.74) is 7.48. The van der Waals surface area contributed by atoms with Gasteiger partial charge in [-0.3, -0.25) is 0 Å². The summed E-state index contributed by atoms with van der Waals surface area (Å²) in [7, 11) is 2.23. The van der Waals surface area contributed by atoms with Gasteiger partial charge >= 0.3 is 0 Å². The van der Waals surface area contributed by atoms with Crippen molar-refractivity contribution in [3.05, 3.63) is 65.1 Å². The average Bonchev–Trinajstić information content (AvgIpc) is 3.10. The first-order valence-electron chi connectivity index (χ1n) is 12.4. The summed E-state index contributed by atoms with van der Waals surface area (Å²) >= 11 is 0. The van der Waals surface area contributed by atoms with Crippen molar-refractivity contribution >= 4 is 11.3 Å². The van der Waals surface area contributed by atoms with Gasteiger partial charge in [-0.25, -0.2) is 4.98 Å². The molecule has 1 aliphatic rings. The van der Waals surface area contributed by atoms with Gasteiger partial charge in [0.1, 0.15) is 0 Å². The van der Waals surface area contributed by atoms with Crippen molar-refractivity contribution in [1.29, 1.82) is 0 Å². The van der Waals surface area contributed by atoms with E-state index >= 15 is 0 Å². The summed E-state index contributed by atoms with van der Waals surface area (Å²) in [6.07, 6.45) is 2.19. The molecule has 0 saturated heterocycles. The fraction of sp³-hybridized carbons (Fsp3) is 0.552. The van der Waals surface area contributed by atoms with E-state index in [-0.39, 0.29) is 16.9 Å². The van der Waals surface area contributed by atoms with Crippen LogP contribution < -0.4 is 4.90 Å². The number of rotatable bonds is 1. The van der Waals surface area contributed by atoms with Gasteiger partial charge in [-0.1, -0.05) is 99.6 Å². The number of benzene rings is 1. The van der Waals surface area contributed by atoms with Crippen molar-refractivity contribution in [3.63, 3.8) is 0 Å². The topological polar surface area (TPSA) is 20.5 Å². The van der Waals surface area contributed by atoms with Gasteiger partial charge in [0.05, 0.1) is 17.4 Å². The van der Waals surface area contributed by atoms with Gasteiger partial charge in [0.2, 0.25) is 0 Å². The third-order valence-corrected chi connectivity index (χ3v) is 7.07. The molecule has 0 spiro atoms. The molecule has 0 fully saturated rings. The normalized spacial score (nSPS) is 17.7. The molecule has 2 aromatic heterocycles. The Kier molecular flexibility index (Phi) is 9.56. The van der Waals surface area contributed by atoms with Crippen LogP contribution in [0, 0.1) is 19.3 Å². The Morgan fingerprint density at radius 3 is 1.88 bits per heavy atom. The van der Waals surface area contributed by atoms with Crippen molar-refractivity contribution in [1.82, 2.24) is 9.38 Å². The number of fused-ring (bicyclic) bond motifs is 3. The Balaban J connectivity index is 0.000000789. The minimum atomic E-state index is 0.0187. The maximum Gasteiger partial charge on any atom is 0.161 e. The lowest BCUT2D eigenvalue weighted by Gasteiger charge is -2.56. The molecule has 0 bridgehead atoms. The predicted molar refractivity (Wildman–Crippen MR) is 143 cm³/mol. The van der Waals surface area contributed by atoms with Crippen molar-refractivity contribution in [2.45, 2.75) is 94.5 Å². The summed E-state index contributed by atoms with van der Waals surface area (Å²) in [6.45, 7) is 25.8. The first-order valence-corrected chi connectivity index (χ1v) is 12.4. The highest BCUT2D eigenvalue weighted by atomic mass is 15.2. The molecular formula is C29H47N3. The summed E-state index contributed by atoms with van der Waals surface area (Å²) in [5.74, 6) is 0. The minimum Gasteiger partial charge on any atom is -0.364 e. The number of aromatic nitrogens is 2. The largest absolute Gasteiger partial charge is 0.364 e. The zero-order valence-electron chi connectivity index (χ0n) is 23.0. The summed E-state index contributed by atoms with van der Waals surface area (Å²) < 4.78 is 2.24. The second-order valence-electron chi connectivity index (χ2n) is 8.83. The molecule has 3 nitrogen and oxygen atoms in total. The van der Waals surface area contributed by atoms with Gasteiger partial charge in [0.15, 0.2) is 5.65 Å². The molecule has 0 amide bonds. The SMILES string of the molecule is CC.CC.CC.Cc1nc2c3c(ccn2c1C)C(C)(C)C(C)(C)C(c1ccccc1)N3C. The fourth-order valence-electron chi connectivity index (χ4n) is 4.75. The molecule has 0 saturated carbocycles. The third-order valence-electron chi connectivity index (χ3n) is 7.07. The van der Waals surface area contributed by atoms with Crippen molar-refractivity contribution in [2.75, 3.05) is 11.9 Å². The van der Waals surface area contributed by atoms with Gasteiger partial charge in [0, 0.05) is 18.9 Å². The van der Waals surface area contributed by atoms with E-state index in [4.69, 9.17) is 4.98 Å². The zero-order valence-corrected chi connectivity index (χ0v) is 23.0. The Hall–Kier alpha value is -2.29. The molecule has 0 N–H and O–H groups in total. The fourth-order valence-corrected chi connectivity index (χ4v) is 4.75. The standard InChI is InChI=1S/C23H29N3.3C2H6/c1-15-16(2)26-14-13-18-19(21(26)24-15)25(7)20(17-11-9-8-10-12-17)23(5,6)22(18,3)4;3*1-2/h8-14,20H,1-7H3;3*1-2H3. The molecule has 1 atom stereocenters. The number of aryl methyl sites for hydroxylation is 2. The zero-order chi connectivity index (χ0) is 24.9. The monoisotopic (exact) mass is 437 g/mol. The van der Waals surface area contributed by atoms with E-state index in [0.29, 0.717) is 0 Å². The van der Waals surface area contributed by atoms with Crippen LogP contribution in [0.1, 0.15) is 97.8 Å². The van der Waals surface area contributed by atoms with Crippen molar-refractivity contribution < 1.29 is 0 Å². The van der Waals surface area contributed by atoms with Gasteiger partial charge in [0.25, 0.3) is 0 Å². The van der Waals surface area contributed by atoms with E-state index < -0.39 is 0 Å². The summed E-state index contributed by atoms with van der Waals surface area (Å²) in [4.78, 5) is 7.39. The molecule has 1 unspecified atom stereocenters. The molecule has 1 aliphatic heterocycles. The predicted octanol–water partition coefficient (Wildman–Crippen LogP) is 8.52. The Morgan fingerprint density at radius 2 is 1.34 bits per heavy atom. The number of hydrogen-bond donors (Lipinski definition) is 0. The van der Waals surface area contributed by atoms with E-state index in [9.17, 15) is 0 Å². The number of anilines is 1. The molecule has 178 valence electrons. The van der Waals surface area contributed by atoms with E-state index in [1.54, 1.807) is 0 Å². The highest BCUT2D eigenvalue weighted by Crippen LogP contribution is 2.58. The van der Waals surface area contributed by atoms with E-state index in [1.165, 1.54) is 22.5 Å². The molecule has 3 heterocycles. The van der Waals surface area contributed by atoms with E-state index in [0.717, 1.165) is 11.3 Å². The summed E-state index contributed by atoms with van der Waals surface area (Å²) in [5, 5.41) is 0. The maximum absolute atomic E-state index is 4.94. The smallest absolute Gasteiger partial charge is 0.161 e. The molecule has 3 aromatic rings. The van der Waals surface area contributed by atoms with Crippen LogP contribution in [-0.2, 0) is 5.41 Å². The first kappa shape index (κ1) is 27.7. The lowest BCUT2D eigenvalue weighted by Crippen LogP contribution is -2.52. The van der Waals surface area contributed by atoms with Crippen LogP contribution in [-0.4, -0.2) is 16.4 Å². The van der Waals surface area contributed by atoms with Crippen LogP contribution in [0.15, 0.2) is 42.6 Å². The average molecular weight is 438 g/mol. The molecule has 0 aliphatic carbocycles. The molecular weight excluding hydrogens is 390 g/mol. The highest BCUT2D eigenvalue weighted by Gasteiger charge is 2.52. The number of nitrogens with zero attached hydrogens (tertiary/aromatic N) is 3.